The van der Waals surface area contributed by atoms with Crippen molar-refractivity contribution >= 4 is 23.7 Å². The van der Waals surface area contributed by atoms with Gasteiger partial charge in [-0.25, -0.2) is 0 Å². The second-order valence-electron chi connectivity index (χ2n) is 4.53. The van der Waals surface area contributed by atoms with Crippen molar-refractivity contribution in [3.05, 3.63) is 35.4 Å². The van der Waals surface area contributed by atoms with Crippen LogP contribution in [0.2, 0.25) is 0 Å². The van der Waals surface area contributed by atoms with Crippen LogP contribution in [0.15, 0.2) is 24.3 Å². The Morgan fingerprint density at radius 3 is 2.41 bits per heavy atom. The summed E-state index contributed by atoms with van der Waals surface area (Å²) in [5.74, 6) is -1.99. The molecular weight excluding hydrogens is 302 g/mol. The third-order valence-electron chi connectivity index (χ3n) is 2.94. The molecule has 0 fully saturated rings. The summed E-state index contributed by atoms with van der Waals surface area (Å²) in [6.45, 7) is 5.65. The Morgan fingerprint density at radius 1 is 1.23 bits per heavy atom. The molecule has 0 spiro atoms. The van der Waals surface area contributed by atoms with E-state index in [1.54, 1.807) is 26.0 Å². The van der Waals surface area contributed by atoms with E-state index >= 15 is 0 Å². The van der Waals surface area contributed by atoms with Crippen LogP contribution in [0.1, 0.15) is 30.9 Å². The fourth-order valence-electron chi connectivity index (χ4n) is 2.06. The summed E-state index contributed by atoms with van der Waals surface area (Å²) in [7, 11) is 0. The van der Waals surface area contributed by atoms with Crippen LogP contribution in [0.4, 0.5) is 0 Å². The van der Waals surface area contributed by atoms with Crippen LogP contribution in [0.5, 0.6) is 0 Å². The predicted octanol–water partition coefficient (Wildman–Crippen LogP) is 2.79. The maximum Gasteiger partial charge on any atom is 0.321 e. The molecule has 0 bridgehead atoms. The Balaban J connectivity index is 3.24. The maximum atomic E-state index is 12.3. The summed E-state index contributed by atoms with van der Waals surface area (Å²) in [4.78, 5) is 24.5. The summed E-state index contributed by atoms with van der Waals surface area (Å²) >= 11 is 0.718. The third kappa shape index (κ3) is 4.78. The van der Waals surface area contributed by atoms with Gasteiger partial charge in [-0.1, -0.05) is 29.8 Å². The first kappa shape index (κ1) is 18.1. The zero-order chi connectivity index (χ0) is 16.5. The van der Waals surface area contributed by atoms with Gasteiger partial charge < -0.3 is 9.47 Å². The van der Waals surface area contributed by atoms with Crippen LogP contribution in [0.25, 0.3) is 0 Å². The minimum absolute atomic E-state index is 0.185. The number of hydrogen-bond donors (Lipinski definition) is 0. The van der Waals surface area contributed by atoms with E-state index in [0.29, 0.717) is 5.56 Å². The summed E-state index contributed by atoms with van der Waals surface area (Å²) in [6, 6.07) is 7.25. The Bertz CT molecular complexity index is 568. The van der Waals surface area contributed by atoms with Crippen molar-refractivity contribution in [1.29, 1.82) is 5.26 Å². The number of thioether (sulfide) groups is 1. The van der Waals surface area contributed by atoms with Crippen molar-refractivity contribution in [3.8, 4) is 5.40 Å². The first-order valence-electron chi connectivity index (χ1n) is 6.99. The number of esters is 2. The number of hydrogen-bond acceptors (Lipinski definition) is 6. The van der Waals surface area contributed by atoms with Gasteiger partial charge in [0.15, 0.2) is 0 Å². The number of carbonyl (C=O) groups excluding carboxylic acids is 2. The average Bonchev–Trinajstić information content (AvgIpc) is 2.47. The number of benzene rings is 1. The molecule has 0 amide bonds. The van der Waals surface area contributed by atoms with E-state index in [-0.39, 0.29) is 13.2 Å². The zero-order valence-corrected chi connectivity index (χ0v) is 13.7. The number of nitrogens with zero attached hydrogens (tertiary/aromatic N) is 1. The molecule has 0 unspecified atom stereocenters. The molecule has 5 nitrogen and oxygen atoms in total. The lowest BCUT2D eigenvalue weighted by molar-refractivity contribution is -0.151. The summed E-state index contributed by atoms with van der Waals surface area (Å²) in [5.41, 5.74) is 1.59. The van der Waals surface area contributed by atoms with Crippen LogP contribution in [-0.4, -0.2) is 30.4 Å². The highest BCUT2D eigenvalue weighted by Gasteiger charge is 2.38. The number of ether oxygens (including phenoxy) is 2. The first-order chi connectivity index (χ1) is 10.5. The van der Waals surface area contributed by atoms with Gasteiger partial charge in [-0.15, -0.1) is 0 Å². The summed E-state index contributed by atoms with van der Waals surface area (Å²) in [5, 5.41) is 9.89. The van der Waals surface area contributed by atoms with Gasteiger partial charge >= 0.3 is 11.9 Å². The molecule has 0 aliphatic rings. The second kappa shape index (κ2) is 9.11. The van der Waals surface area contributed by atoms with E-state index < -0.39 is 23.1 Å². The molecular formula is C16H19NO4S. The minimum atomic E-state index is -0.953. The normalized spacial score (nSPS) is 12.8. The minimum Gasteiger partial charge on any atom is -0.465 e. The summed E-state index contributed by atoms with van der Waals surface area (Å²) < 4.78 is 10.1. The fraction of sp³-hybridized carbons (Fsp3) is 0.438. The van der Waals surface area contributed by atoms with Crippen LogP contribution in [0, 0.1) is 17.6 Å². The highest BCUT2D eigenvalue weighted by atomic mass is 32.2. The summed E-state index contributed by atoms with van der Waals surface area (Å²) in [6.07, 6.45) is 0. The molecule has 6 heteroatoms. The monoisotopic (exact) mass is 321 g/mol. The van der Waals surface area contributed by atoms with Crippen molar-refractivity contribution in [1.82, 2.24) is 0 Å². The molecule has 118 valence electrons. The smallest absolute Gasteiger partial charge is 0.321 e. The zero-order valence-electron chi connectivity index (χ0n) is 12.9. The number of rotatable bonds is 7. The molecule has 1 aromatic rings. The standard InChI is InChI=1S/C16H19NO4S/c1-4-20-15(18)13(12-8-6-7-11(3)9-12)14(22-10-17)16(19)21-5-2/h6-9,13-14H,4-5H2,1-3H3/t13-,14-/m1/s1. The molecule has 0 saturated heterocycles. The van der Waals surface area contributed by atoms with E-state index in [1.165, 1.54) is 0 Å². The average molecular weight is 321 g/mol. The third-order valence-corrected chi connectivity index (χ3v) is 3.77. The van der Waals surface area contributed by atoms with E-state index in [2.05, 4.69) is 0 Å². The van der Waals surface area contributed by atoms with Gasteiger partial charge in [0.05, 0.1) is 13.2 Å². The van der Waals surface area contributed by atoms with Crippen LogP contribution >= 0.6 is 11.8 Å². The highest BCUT2D eigenvalue weighted by Crippen LogP contribution is 2.31. The van der Waals surface area contributed by atoms with Crippen molar-refractivity contribution in [2.75, 3.05) is 13.2 Å². The largest absolute Gasteiger partial charge is 0.465 e. The predicted molar refractivity (Wildman–Crippen MR) is 84.2 cm³/mol. The van der Waals surface area contributed by atoms with Crippen LogP contribution < -0.4 is 0 Å². The van der Waals surface area contributed by atoms with E-state index in [4.69, 9.17) is 14.7 Å². The van der Waals surface area contributed by atoms with Crippen molar-refractivity contribution < 1.29 is 19.1 Å². The van der Waals surface area contributed by atoms with Gasteiger partial charge in [0.1, 0.15) is 16.6 Å². The van der Waals surface area contributed by atoms with Crippen LogP contribution in [0.3, 0.4) is 0 Å². The van der Waals surface area contributed by atoms with E-state index in [0.717, 1.165) is 17.3 Å². The molecule has 2 atom stereocenters. The first-order valence-corrected chi connectivity index (χ1v) is 7.87. The Morgan fingerprint density at radius 2 is 1.86 bits per heavy atom. The number of nitriles is 1. The molecule has 1 aromatic carbocycles. The molecule has 22 heavy (non-hydrogen) atoms. The SMILES string of the molecule is CCOC(=O)[C@H](c1cccc(C)c1)[C@@H](SC#N)C(=O)OCC. The molecule has 0 saturated carbocycles. The lowest BCUT2D eigenvalue weighted by Gasteiger charge is -2.22. The van der Waals surface area contributed by atoms with Crippen molar-refractivity contribution in [2.24, 2.45) is 0 Å². The van der Waals surface area contributed by atoms with Gasteiger partial charge in [0.25, 0.3) is 0 Å². The van der Waals surface area contributed by atoms with E-state index in [9.17, 15) is 9.59 Å². The molecule has 1 rings (SSSR count). The quantitative estimate of drug-likeness (QED) is 0.568. The number of carbonyl (C=O) groups is 2. The number of thiocyanates is 1. The molecule has 0 N–H and O–H groups in total. The Labute approximate surface area is 134 Å². The van der Waals surface area contributed by atoms with Crippen LogP contribution in [-0.2, 0) is 19.1 Å². The van der Waals surface area contributed by atoms with Crippen molar-refractivity contribution in [3.63, 3.8) is 0 Å². The highest BCUT2D eigenvalue weighted by molar-refractivity contribution is 8.05. The lowest BCUT2D eigenvalue weighted by Crippen LogP contribution is -2.33. The van der Waals surface area contributed by atoms with Crippen molar-refractivity contribution in [2.45, 2.75) is 31.9 Å². The second-order valence-corrected chi connectivity index (χ2v) is 5.45. The Hall–Kier alpha value is -2.00. The molecule has 0 radical (unpaired) electrons. The lowest BCUT2D eigenvalue weighted by atomic mass is 9.94. The maximum absolute atomic E-state index is 12.3. The molecule has 0 aliphatic carbocycles. The molecule has 0 aromatic heterocycles. The van der Waals surface area contributed by atoms with Gasteiger partial charge in [0, 0.05) is 0 Å². The van der Waals surface area contributed by atoms with Gasteiger partial charge in [-0.2, -0.15) is 5.26 Å². The fourth-order valence-corrected chi connectivity index (χ4v) is 2.75. The topological polar surface area (TPSA) is 76.4 Å². The van der Waals surface area contributed by atoms with E-state index in [1.807, 2.05) is 24.5 Å². The number of aryl methyl sites for hydroxylation is 1. The van der Waals surface area contributed by atoms with Gasteiger partial charge in [-0.05, 0) is 38.1 Å². The Kier molecular flexibility index (Phi) is 7.47. The van der Waals surface area contributed by atoms with Gasteiger partial charge in [-0.3, -0.25) is 9.59 Å². The molecule has 0 aliphatic heterocycles. The van der Waals surface area contributed by atoms with Gasteiger partial charge in [0.2, 0.25) is 0 Å². The molecule has 0 heterocycles.